The summed E-state index contributed by atoms with van der Waals surface area (Å²) in [7, 11) is 1.66. The van der Waals surface area contributed by atoms with Gasteiger partial charge < -0.3 is 10.1 Å². The van der Waals surface area contributed by atoms with Crippen molar-refractivity contribution in [2.45, 2.75) is 31.7 Å². The Bertz CT molecular complexity index is 475. The molecule has 3 atom stereocenters. The van der Waals surface area contributed by atoms with Crippen molar-refractivity contribution in [2.75, 3.05) is 13.7 Å². The van der Waals surface area contributed by atoms with Crippen LogP contribution in [0.15, 0.2) is 18.2 Å². The maximum atomic E-state index is 13.3. The zero-order valence-electron chi connectivity index (χ0n) is 11.3. The number of hydrogen-bond donors (Lipinski definition) is 1. The third kappa shape index (κ3) is 2.96. The Balaban J connectivity index is 2.35. The van der Waals surface area contributed by atoms with E-state index in [0.29, 0.717) is 12.2 Å². The number of alkyl halides is 3. The van der Waals surface area contributed by atoms with Crippen molar-refractivity contribution in [2.24, 2.45) is 5.92 Å². The van der Waals surface area contributed by atoms with E-state index in [1.165, 1.54) is 6.07 Å². The second-order valence-corrected chi connectivity index (χ2v) is 5.10. The van der Waals surface area contributed by atoms with E-state index < -0.39 is 17.6 Å². The van der Waals surface area contributed by atoms with Gasteiger partial charge in [-0.2, -0.15) is 13.2 Å². The van der Waals surface area contributed by atoms with Gasteiger partial charge >= 0.3 is 6.18 Å². The van der Waals surface area contributed by atoms with Crippen LogP contribution in [0.3, 0.4) is 0 Å². The van der Waals surface area contributed by atoms with Crippen molar-refractivity contribution in [3.05, 3.63) is 35.1 Å². The lowest BCUT2D eigenvalue weighted by molar-refractivity contribution is -0.140. The van der Waals surface area contributed by atoms with Gasteiger partial charge in [0.2, 0.25) is 0 Å². The highest BCUT2D eigenvalue weighted by Gasteiger charge is 2.37. The molecule has 112 valence electrons. The molecule has 0 spiro atoms. The molecule has 0 aliphatic carbocycles. The van der Waals surface area contributed by atoms with Crippen LogP contribution in [-0.2, 0) is 10.9 Å². The molecule has 0 bridgehead atoms. The smallest absolute Gasteiger partial charge is 0.376 e. The first-order chi connectivity index (χ1) is 9.34. The maximum absolute atomic E-state index is 13.3. The summed E-state index contributed by atoms with van der Waals surface area (Å²) in [5.41, 5.74) is -0.846. The van der Waals surface area contributed by atoms with Gasteiger partial charge in [-0.25, -0.2) is 4.39 Å². The molecular weight excluding hydrogens is 274 g/mol. The average Bonchev–Trinajstić information content (AvgIpc) is 2.77. The van der Waals surface area contributed by atoms with Crippen molar-refractivity contribution in [1.29, 1.82) is 0 Å². The molecule has 0 aromatic heterocycles. The van der Waals surface area contributed by atoms with Gasteiger partial charge in [-0.05, 0) is 37.1 Å². The topological polar surface area (TPSA) is 21.3 Å². The average molecular weight is 291 g/mol. The summed E-state index contributed by atoms with van der Waals surface area (Å²) in [6, 6.07) is 2.72. The molecule has 1 N–H and O–H groups in total. The first-order valence-electron chi connectivity index (χ1n) is 6.50. The zero-order chi connectivity index (χ0) is 14.9. The van der Waals surface area contributed by atoms with Crippen LogP contribution >= 0.6 is 0 Å². The summed E-state index contributed by atoms with van der Waals surface area (Å²) in [6.45, 7) is 2.59. The Morgan fingerprint density at radius 2 is 2.05 bits per heavy atom. The minimum absolute atomic E-state index is 0.202. The van der Waals surface area contributed by atoms with E-state index in [1.807, 2.05) is 6.92 Å². The lowest BCUT2D eigenvalue weighted by atomic mass is 9.91. The molecule has 1 heterocycles. The van der Waals surface area contributed by atoms with Crippen molar-refractivity contribution in [3.8, 4) is 0 Å². The predicted octanol–water partition coefficient (Wildman–Crippen LogP) is 3.53. The molecule has 1 aromatic rings. The van der Waals surface area contributed by atoms with Crippen LogP contribution in [0.25, 0.3) is 0 Å². The van der Waals surface area contributed by atoms with Crippen LogP contribution in [0.1, 0.15) is 30.5 Å². The molecule has 2 nitrogen and oxygen atoms in total. The van der Waals surface area contributed by atoms with Gasteiger partial charge in [-0.1, -0.05) is 13.0 Å². The summed E-state index contributed by atoms with van der Waals surface area (Å²) in [6.07, 6.45) is -4.02. The van der Waals surface area contributed by atoms with Crippen LogP contribution in [0.2, 0.25) is 0 Å². The SMILES string of the molecule is CNC(c1ccc(F)c(C(F)(F)F)c1)C1OCCC1C. The number of likely N-dealkylation sites (N-methyl/N-ethyl adjacent to an activating group) is 1. The van der Waals surface area contributed by atoms with Gasteiger partial charge in [0, 0.05) is 6.61 Å². The predicted molar refractivity (Wildman–Crippen MR) is 66.7 cm³/mol. The fraction of sp³-hybridized carbons (Fsp3) is 0.571. The molecule has 0 amide bonds. The van der Waals surface area contributed by atoms with E-state index >= 15 is 0 Å². The molecule has 1 aliphatic rings. The van der Waals surface area contributed by atoms with Gasteiger partial charge in [-0.15, -0.1) is 0 Å². The van der Waals surface area contributed by atoms with Crippen LogP contribution < -0.4 is 5.32 Å². The Kier molecular flexibility index (Phi) is 4.34. The van der Waals surface area contributed by atoms with E-state index in [9.17, 15) is 17.6 Å². The molecular formula is C14H17F4NO. The zero-order valence-corrected chi connectivity index (χ0v) is 11.3. The second-order valence-electron chi connectivity index (χ2n) is 5.10. The van der Waals surface area contributed by atoms with E-state index in [0.717, 1.165) is 18.6 Å². The standard InChI is InChI=1S/C14H17F4NO/c1-8-5-6-20-13(8)12(19-2)9-3-4-11(15)10(7-9)14(16,17)18/h3-4,7-8,12-13,19H,5-6H2,1-2H3. The number of nitrogens with one attached hydrogen (secondary N) is 1. The quantitative estimate of drug-likeness (QED) is 0.860. The van der Waals surface area contributed by atoms with Crippen LogP contribution in [0.5, 0.6) is 0 Å². The monoisotopic (exact) mass is 291 g/mol. The molecule has 1 saturated heterocycles. The minimum atomic E-state index is -4.69. The maximum Gasteiger partial charge on any atom is 0.419 e. The number of rotatable bonds is 3. The number of halogens is 4. The van der Waals surface area contributed by atoms with Crippen molar-refractivity contribution in [3.63, 3.8) is 0 Å². The van der Waals surface area contributed by atoms with E-state index in [4.69, 9.17) is 4.74 Å². The van der Waals surface area contributed by atoms with Crippen molar-refractivity contribution >= 4 is 0 Å². The van der Waals surface area contributed by atoms with Crippen LogP contribution in [-0.4, -0.2) is 19.8 Å². The normalized spacial score (nSPS) is 24.9. The van der Waals surface area contributed by atoms with E-state index in [-0.39, 0.29) is 18.1 Å². The number of hydrogen-bond acceptors (Lipinski definition) is 2. The fourth-order valence-corrected chi connectivity index (χ4v) is 2.62. The first-order valence-corrected chi connectivity index (χ1v) is 6.50. The van der Waals surface area contributed by atoms with Crippen molar-refractivity contribution in [1.82, 2.24) is 5.32 Å². The molecule has 1 aromatic carbocycles. The van der Waals surface area contributed by atoms with Crippen LogP contribution in [0.4, 0.5) is 17.6 Å². The highest BCUT2D eigenvalue weighted by Crippen LogP contribution is 2.36. The Morgan fingerprint density at radius 1 is 1.35 bits per heavy atom. The largest absolute Gasteiger partial charge is 0.419 e. The molecule has 0 saturated carbocycles. The molecule has 6 heteroatoms. The highest BCUT2D eigenvalue weighted by molar-refractivity contribution is 5.30. The van der Waals surface area contributed by atoms with Gasteiger partial charge in [0.25, 0.3) is 0 Å². The van der Waals surface area contributed by atoms with Crippen LogP contribution in [0, 0.1) is 11.7 Å². The van der Waals surface area contributed by atoms with Gasteiger partial charge in [0.05, 0.1) is 17.7 Å². The lowest BCUT2D eigenvalue weighted by Gasteiger charge is -2.26. The summed E-state index contributed by atoms with van der Waals surface area (Å²) in [5, 5.41) is 2.97. The van der Waals surface area contributed by atoms with Gasteiger partial charge in [-0.3, -0.25) is 0 Å². The summed E-state index contributed by atoms with van der Waals surface area (Å²) in [4.78, 5) is 0. The molecule has 1 aliphatic heterocycles. The summed E-state index contributed by atoms with van der Waals surface area (Å²) >= 11 is 0. The molecule has 1 fully saturated rings. The summed E-state index contributed by atoms with van der Waals surface area (Å²) in [5.74, 6) is -1.01. The minimum Gasteiger partial charge on any atom is -0.376 e. The number of ether oxygens (including phenoxy) is 1. The van der Waals surface area contributed by atoms with E-state index in [2.05, 4.69) is 5.32 Å². The van der Waals surface area contributed by atoms with Gasteiger partial charge in [0.1, 0.15) is 5.82 Å². The third-order valence-electron chi connectivity index (χ3n) is 3.74. The Hall–Kier alpha value is -1.14. The first kappa shape index (κ1) is 15.3. The number of benzene rings is 1. The Labute approximate surface area is 115 Å². The molecule has 0 radical (unpaired) electrons. The second kappa shape index (κ2) is 5.69. The lowest BCUT2D eigenvalue weighted by Crippen LogP contribution is -2.32. The molecule has 2 rings (SSSR count). The Morgan fingerprint density at radius 3 is 2.55 bits per heavy atom. The molecule has 3 unspecified atom stereocenters. The highest BCUT2D eigenvalue weighted by atomic mass is 19.4. The fourth-order valence-electron chi connectivity index (χ4n) is 2.62. The third-order valence-corrected chi connectivity index (χ3v) is 3.74. The van der Waals surface area contributed by atoms with Gasteiger partial charge in [0.15, 0.2) is 0 Å². The molecule has 20 heavy (non-hydrogen) atoms. The van der Waals surface area contributed by atoms with Crippen molar-refractivity contribution < 1.29 is 22.3 Å². The van der Waals surface area contributed by atoms with E-state index in [1.54, 1.807) is 7.05 Å². The summed E-state index contributed by atoms with van der Waals surface area (Å²) < 4.78 is 57.2.